The second-order valence-electron chi connectivity index (χ2n) is 5.36. The van der Waals surface area contributed by atoms with Crippen molar-refractivity contribution >= 4 is 68.2 Å². The van der Waals surface area contributed by atoms with Gasteiger partial charge in [-0.05, 0) is 24.3 Å². The van der Waals surface area contributed by atoms with E-state index in [4.69, 9.17) is 16.3 Å². The Balaban J connectivity index is 1.50. The third-order valence-corrected chi connectivity index (χ3v) is 5.77. The monoisotopic (exact) mass is 437 g/mol. The van der Waals surface area contributed by atoms with Gasteiger partial charge in [0.05, 0.1) is 20.9 Å². The molecule has 0 radical (unpaired) electrons. The zero-order valence-corrected chi connectivity index (χ0v) is 16.5. The van der Waals surface area contributed by atoms with Gasteiger partial charge in [0.1, 0.15) is 5.69 Å². The molecule has 1 N–H and O–H groups in total. The Morgan fingerprint density at radius 1 is 1.29 bits per heavy atom. The molecule has 11 heteroatoms. The number of carbonyl (C=O) groups is 2. The summed E-state index contributed by atoms with van der Waals surface area (Å²) in [4.78, 5) is 38.5. The van der Waals surface area contributed by atoms with Crippen LogP contribution in [-0.2, 0) is 14.3 Å². The first-order valence-corrected chi connectivity index (χ1v) is 9.98. The van der Waals surface area contributed by atoms with Crippen LogP contribution in [0.1, 0.15) is 0 Å². The van der Waals surface area contributed by atoms with Crippen LogP contribution in [0.15, 0.2) is 46.8 Å². The third-order valence-electron chi connectivity index (χ3n) is 3.38. The zero-order valence-electron chi connectivity index (χ0n) is 14.1. The zero-order chi connectivity index (χ0) is 20.1. The van der Waals surface area contributed by atoms with Crippen LogP contribution in [0.3, 0.4) is 0 Å². The lowest BCUT2D eigenvalue weighted by Gasteiger charge is -2.07. The number of nitro benzene ring substituents is 1. The van der Waals surface area contributed by atoms with Crippen molar-refractivity contribution in [1.82, 2.24) is 4.98 Å². The number of carbonyl (C=O) groups excluding carboxylic acids is 2. The molecular weight excluding hydrogens is 426 g/mol. The lowest BCUT2D eigenvalue weighted by Crippen LogP contribution is -2.22. The first-order valence-electron chi connectivity index (χ1n) is 7.80. The molecular formula is C17H12ClN3O5S2. The quantitative estimate of drug-likeness (QED) is 0.256. The SMILES string of the molecule is O=C(COC(=O)CSc1nc2ccccc2s1)Nc1cc(Cl)ccc1[N+](=O)[O-]. The molecule has 3 rings (SSSR count). The minimum absolute atomic E-state index is 0.00951. The molecule has 1 heterocycles. The maximum atomic E-state index is 11.9. The standard InChI is InChI=1S/C17H12ClN3O5S2/c18-10-5-6-13(21(24)25)12(7-10)19-15(22)8-26-16(23)9-27-17-20-11-3-1-2-4-14(11)28-17/h1-7H,8-9H2,(H,19,22). The van der Waals surface area contributed by atoms with E-state index < -0.39 is 23.4 Å². The maximum Gasteiger partial charge on any atom is 0.316 e. The van der Waals surface area contributed by atoms with E-state index >= 15 is 0 Å². The van der Waals surface area contributed by atoms with E-state index in [1.54, 1.807) is 0 Å². The molecule has 0 unspecified atom stereocenters. The molecule has 0 aliphatic rings. The molecule has 1 aromatic heterocycles. The van der Waals surface area contributed by atoms with Crippen LogP contribution >= 0.6 is 34.7 Å². The first-order chi connectivity index (χ1) is 13.4. The molecule has 1 amide bonds. The summed E-state index contributed by atoms with van der Waals surface area (Å²) in [5, 5.41) is 13.5. The van der Waals surface area contributed by atoms with E-state index in [-0.39, 0.29) is 22.2 Å². The number of ether oxygens (including phenoxy) is 1. The van der Waals surface area contributed by atoms with Gasteiger partial charge in [0.25, 0.3) is 11.6 Å². The van der Waals surface area contributed by atoms with Gasteiger partial charge in [0, 0.05) is 11.1 Å². The Morgan fingerprint density at radius 2 is 2.07 bits per heavy atom. The normalized spacial score (nSPS) is 10.6. The molecule has 0 aliphatic carbocycles. The molecule has 28 heavy (non-hydrogen) atoms. The Labute approximate surface area is 172 Å². The highest BCUT2D eigenvalue weighted by Gasteiger charge is 2.17. The van der Waals surface area contributed by atoms with E-state index in [2.05, 4.69) is 10.3 Å². The minimum atomic E-state index is -0.705. The Bertz CT molecular complexity index is 1020. The Morgan fingerprint density at radius 3 is 2.82 bits per heavy atom. The number of thioether (sulfide) groups is 1. The van der Waals surface area contributed by atoms with Crippen molar-refractivity contribution < 1.29 is 19.2 Å². The molecule has 0 fully saturated rings. The third kappa shape index (κ3) is 5.18. The summed E-state index contributed by atoms with van der Waals surface area (Å²) >= 11 is 8.47. The number of nitrogens with one attached hydrogen (secondary N) is 1. The van der Waals surface area contributed by atoms with Gasteiger partial charge in [0.15, 0.2) is 10.9 Å². The highest BCUT2D eigenvalue weighted by Crippen LogP contribution is 2.29. The number of amides is 1. The maximum absolute atomic E-state index is 11.9. The fourth-order valence-electron chi connectivity index (χ4n) is 2.18. The largest absolute Gasteiger partial charge is 0.455 e. The summed E-state index contributed by atoms with van der Waals surface area (Å²) in [6, 6.07) is 11.4. The van der Waals surface area contributed by atoms with Crippen LogP contribution in [0.25, 0.3) is 10.2 Å². The van der Waals surface area contributed by atoms with Crippen LogP contribution in [0.2, 0.25) is 5.02 Å². The number of esters is 1. The summed E-state index contributed by atoms with van der Waals surface area (Å²) in [7, 11) is 0. The molecule has 8 nitrogen and oxygen atoms in total. The molecule has 0 aliphatic heterocycles. The van der Waals surface area contributed by atoms with E-state index in [1.165, 1.54) is 41.3 Å². The van der Waals surface area contributed by atoms with Crippen LogP contribution in [0.4, 0.5) is 11.4 Å². The molecule has 0 spiro atoms. The molecule has 2 aromatic carbocycles. The number of thiazole rings is 1. The lowest BCUT2D eigenvalue weighted by atomic mass is 10.2. The smallest absolute Gasteiger partial charge is 0.316 e. The summed E-state index contributed by atoms with van der Waals surface area (Å²) < 4.78 is 6.64. The number of para-hydroxylation sites is 1. The molecule has 0 bridgehead atoms. The van der Waals surface area contributed by atoms with Crippen LogP contribution in [0.5, 0.6) is 0 Å². The highest BCUT2D eigenvalue weighted by atomic mass is 35.5. The van der Waals surface area contributed by atoms with Gasteiger partial charge in [-0.3, -0.25) is 19.7 Å². The second-order valence-corrected chi connectivity index (χ2v) is 8.05. The van der Waals surface area contributed by atoms with Gasteiger partial charge in [-0.25, -0.2) is 4.98 Å². The fourth-order valence-corrected chi connectivity index (χ4v) is 4.21. The van der Waals surface area contributed by atoms with Crippen LogP contribution in [-0.4, -0.2) is 34.1 Å². The molecule has 0 saturated carbocycles. The van der Waals surface area contributed by atoms with E-state index in [0.717, 1.165) is 14.6 Å². The van der Waals surface area contributed by atoms with Crippen molar-refractivity contribution in [3.63, 3.8) is 0 Å². The summed E-state index contributed by atoms with van der Waals surface area (Å²) in [5.41, 5.74) is 0.476. The molecule has 3 aromatic rings. The van der Waals surface area contributed by atoms with Gasteiger partial charge in [-0.15, -0.1) is 11.3 Å². The van der Waals surface area contributed by atoms with Gasteiger partial charge < -0.3 is 10.1 Å². The predicted molar refractivity (Wildman–Crippen MR) is 108 cm³/mol. The Kier molecular flexibility index (Phi) is 6.45. The van der Waals surface area contributed by atoms with Gasteiger partial charge in [-0.1, -0.05) is 35.5 Å². The molecule has 0 saturated heterocycles. The Hall–Kier alpha value is -2.69. The summed E-state index contributed by atoms with van der Waals surface area (Å²) in [6.45, 7) is -0.567. The van der Waals surface area contributed by atoms with Crippen molar-refractivity contribution in [2.75, 3.05) is 17.7 Å². The number of hydrogen-bond acceptors (Lipinski definition) is 8. The average Bonchev–Trinajstić information content (AvgIpc) is 3.07. The second kappa shape index (κ2) is 9.00. The number of anilines is 1. The number of aromatic nitrogens is 1. The van der Waals surface area contributed by atoms with Crippen LogP contribution in [0, 0.1) is 10.1 Å². The number of benzene rings is 2. The van der Waals surface area contributed by atoms with E-state index in [9.17, 15) is 19.7 Å². The molecule has 0 atom stereocenters. The fraction of sp³-hybridized carbons (Fsp3) is 0.118. The number of hydrogen-bond donors (Lipinski definition) is 1. The first kappa shape index (κ1) is 20.1. The number of nitro groups is 1. The summed E-state index contributed by atoms with van der Waals surface area (Å²) in [6.07, 6.45) is 0. The van der Waals surface area contributed by atoms with Crippen molar-refractivity contribution in [1.29, 1.82) is 0 Å². The van der Waals surface area contributed by atoms with Gasteiger partial charge >= 0.3 is 5.97 Å². The predicted octanol–water partition coefficient (Wildman–Crippen LogP) is 4.13. The van der Waals surface area contributed by atoms with Crippen molar-refractivity contribution in [2.45, 2.75) is 4.34 Å². The number of rotatable bonds is 7. The summed E-state index contributed by atoms with van der Waals surface area (Å²) in [5.74, 6) is -1.31. The van der Waals surface area contributed by atoms with E-state index in [1.807, 2.05) is 24.3 Å². The van der Waals surface area contributed by atoms with Crippen molar-refractivity contribution in [2.24, 2.45) is 0 Å². The number of fused-ring (bicyclic) bond motifs is 1. The van der Waals surface area contributed by atoms with Crippen molar-refractivity contribution in [3.8, 4) is 0 Å². The minimum Gasteiger partial charge on any atom is -0.455 e. The molecule has 144 valence electrons. The average molecular weight is 438 g/mol. The number of halogens is 1. The van der Waals surface area contributed by atoms with Gasteiger partial charge in [0.2, 0.25) is 0 Å². The highest BCUT2D eigenvalue weighted by molar-refractivity contribution is 8.01. The number of nitrogens with zero attached hydrogens (tertiary/aromatic N) is 2. The van der Waals surface area contributed by atoms with E-state index in [0.29, 0.717) is 0 Å². The van der Waals surface area contributed by atoms with Gasteiger partial charge in [-0.2, -0.15) is 0 Å². The van der Waals surface area contributed by atoms with Crippen LogP contribution < -0.4 is 5.32 Å². The van der Waals surface area contributed by atoms with Crippen molar-refractivity contribution in [3.05, 3.63) is 57.6 Å². The lowest BCUT2D eigenvalue weighted by molar-refractivity contribution is -0.383. The topological polar surface area (TPSA) is 111 Å².